The standard InChI is InChI=1S/C14H18F6N4O/c1-2-21-12(23-7-5-13(15,16)17)24-8-10-4-3-6-22-11(10)25-9-14(18,19)20/h3-4,6H,2,5,7-9H2,1H3,(H2,21,23,24). The fraction of sp³-hybridized carbons (Fsp3) is 0.571. The summed E-state index contributed by atoms with van der Waals surface area (Å²) in [6.07, 6.45) is -8.58. The quantitative estimate of drug-likeness (QED) is 0.439. The first-order chi connectivity index (χ1) is 11.6. The molecule has 0 fully saturated rings. The zero-order chi connectivity index (χ0) is 18.9. The summed E-state index contributed by atoms with van der Waals surface area (Å²) in [4.78, 5) is 7.75. The summed E-state index contributed by atoms with van der Waals surface area (Å²) >= 11 is 0. The van der Waals surface area contributed by atoms with Gasteiger partial charge in [-0.25, -0.2) is 9.98 Å². The maximum Gasteiger partial charge on any atom is 0.422 e. The first-order valence-electron chi connectivity index (χ1n) is 7.33. The number of alkyl halides is 6. The third kappa shape index (κ3) is 9.62. The highest BCUT2D eigenvalue weighted by atomic mass is 19.4. The monoisotopic (exact) mass is 372 g/mol. The van der Waals surface area contributed by atoms with Crippen LogP contribution in [0.2, 0.25) is 0 Å². The summed E-state index contributed by atoms with van der Waals surface area (Å²) in [6, 6.07) is 2.97. The molecule has 142 valence electrons. The summed E-state index contributed by atoms with van der Waals surface area (Å²) in [5.41, 5.74) is 0.278. The lowest BCUT2D eigenvalue weighted by molar-refractivity contribution is -0.154. The number of guanidine groups is 1. The molecule has 0 aromatic carbocycles. The molecule has 0 bridgehead atoms. The van der Waals surface area contributed by atoms with Gasteiger partial charge in [0.25, 0.3) is 0 Å². The lowest BCUT2D eigenvalue weighted by atomic mass is 10.3. The number of aliphatic imine (C=N–C) groups is 1. The number of pyridine rings is 1. The molecule has 11 heteroatoms. The minimum absolute atomic E-state index is 0.109. The summed E-state index contributed by atoms with van der Waals surface area (Å²) in [5.74, 6) is -0.118. The third-order valence-corrected chi connectivity index (χ3v) is 2.68. The van der Waals surface area contributed by atoms with Crippen LogP contribution in [0.5, 0.6) is 5.88 Å². The second-order valence-corrected chi connectivity index (χ2v) is 4.86. The maximum absolute atomic E-state index is 12.2. The molecule has 0 unspecified atom stereocenters. The van der Waals surface area contributed by atoms with E-state index >= 15 is 0 Å². The number of nitrogens with one attached hydrogen (secondary N) is 2. The van der Waals surface area contributed by atoms with E-state index in [9.17, 15) is 26.3 Å². The Labute approximate surface area is 140 Å². The smallest absolute Gasteiger partial charge is 0.422 e. The molecule has 1 aromatic rings. The van der Waals surface area contributed by atoms with Crippen LogP contribution in [0.4, 0.5) is 26.3 Å². The number of aromatic nitrogens is 1. The molecule has 0 radical (unpaired) electrons. The van der Waals surface area contributed by atoms with Gasteiger partial charge in [0, 0.05) is 24.8 Å². The van der Waals surface area contributed by atoms with Crippen LogP contribution in [-0.2, 0) is 6.54 Å². The van der Waals surface area contributed by atoms with Crippen molar-refractivity contribution >= 4 is 5.96 Å². The molecule has 0 saturated carbocycles. The molecule has 0 atom stereocenters. The molecular formula is C14H18F6N4O. The molecule has 5 nitrogen and oxygen atoms in total. The van der Waals surface area contributed by atoms with E-state index in [4.69, 9.17) is 0 Å². The summed E-state index contributed by atoms with van der Waals surface area (Å²) in [5, 5.41) is 5.25. The highest BCUT2D eigenvalue weighted by Gasteiger charge is 2.29. The summed E-state index contributed by atoms with van der Waals surface area (Å²) < 4.78 is 77.8. The molecule has 0 spiro atoms. The number of nitrogens with zero attached hydrogens (tertiary/aromatic N) is 2. The highest BCUT2D eigenvalue weighted by molar-refractivity contribution is 5.79. The molecule has 25 heavy (non-hydrogen) atoms. The average Bonchev–Trinajstić information content (AvgIpc) is 2.49. The van der Waals surface area contributed by atoms with Gasteiger partial charge in [-0.1, -0.05) is 6.07 Å². The van der Waals surface area contributed by atoms with Gasteiger partial charge in [-0.2, -0.15) is 26.3 Å². The van der Waals surface area contributed by atoms with Gasteiger partial charge in [0.15, 0.2) is 12.6 Å². The van der Waals surface area contributed by atoms with E-state index in [2.05, 4.69) is 25.3 Å². The van der Waals surface area contributed by atoms with Crippen LogP contribution in [0.25, 0.3) is 0 Å². The Hall–Kier alpha value is -2.20. The SMILES string of the molecule is CCNC(=NCc1cccnc1OCC(F)(F)F)NCCC(F)(F)F. The van der Waals surface area contributed by atoms with Gasteiger partial charge < -0.3 is 15.4 Å². The van der Waals surface area contributed by atoms with Crippen LogP contribution < -0.4 is 15.4 Å². The number of halogens is 6. The Bertz CT molecular complexity index is 559. The molecule has 1 heterocycles. The van der Waals surface area contributed by atoms with Crippen LogP contribution >= 0.6 is 0 Å². The van der Waals surface area contributed by atoms with E-state index in [0.29, 0.717) is 6.54 Å². The van der Waals surface area contributed by atoms with Crippen molar-refractivity contribution in [1.29, 1.82) is 0 Å². The normalized spacial score (nSPS) is 12.8. The van der Waals surface area contributed by atoms with E-state index in [0.717, 1.165) is 0 Å². The van der Waals surface area contributed by atoms with Crippen LogP contribution in [0.3, 0.4) is 0 Å². The number of hydrogen-bond donors (Lipinski definition) is 2. The number of hydrogen-bond acceptors (Lipinski definition) is 3. The average molecular weight is 372 g/mol. The third-order valence-electron chi connectivity index (χ3n) is 2.68. The van der Waals surface area contributed by atoms with Gasteiger partial charge >= 0.3 is 12.4 Å². The van der Waals surface area contributed by atoms with Gasteiger partial charge in [0.2, 0.25) is 5.88 Å². The summed E-state index contributed by atoms with van der Waals surface area (Å²) in [6.45, 7) is 0.151. The van der Waals surface area contributed by atoms with E-state index in [-0.39, 0.29) is 30.5 Å². The first-order valence-corrected chi connectivity index (χ1v) is 7.33. The Kier molecular flexibility index (Phi) is 7.78. The largest absolute Gasteiger partial charge is 0.468 e. The second kappa shape index (κ2) is 9.33. The van der Waals surface area contributed by atoms with E-state index in [1.165, 1.54) is 18.3 Å². The fourth-order valence-electron chi connectivity index (χ4n) is 1.65. The molecule has 1 rings (SSSR count). The van der Waals surface area contributed by atoms with Gasteiger partial charge in [-0.05, 0) is 13.0 Å². The van der Waals surface area contributed by atoms with Crippen molar-refractivity contribution in [3.63, 3.8) is 0 Å². The van der Waals surface area contributed by atoms with Crippen LogP contribution in [0.1, 0.15) is 18.9 Å². The predicted octanol–water partition coefficient (Wildman–Crippen LogP) is 3.03. The van der Waals surface area contributed by atoms with Gasteiger partial charge in [0.05, 0.1) is 13.0 Å². The minimum Gasteiger partial charge on any atom is -0.468 e. The second-order valence-electron chi connectivity index (χ2n) is 4.86. The van der Waals surface area contributed by atoms with Crippen LogP contribution in [0.15, 0.2) is 23.3 Å². The first kappa shape index (κ1) is 20.8. The molecule has 0 aliphatic rings. The molecular weight excluding hydrogens is 354 g/mol. The Morgan fingerprint density at radius 2 is 1.88 bits per heavy atom. The van der Waals surface area contributed by atoms with Crippen molar-refractivity contribution in [3.05, 3.63) is 23.9 Å². The van der Waals surface area contributed by atoms with E-state index in [1.807, 2.05) is 0 Å². The molecule has 1 aromatic heterocycles. The van der Waals surface area contributed by atoms with Crippen LogP contribution in [0, 0.1) is 0 Å². The lowest BCUT2D eigenvalue weighted by Crippen LogP contribution is -2.38. The highest BCUT2D eigenvalue weighted by Crippen LogP contribution is 2.20. The Morgan fingerprint density at radius 1 is 1.16 bits per heavy atom. The van der Waals surface area contributed by atoms with E-state index in [1.54, 1.807) is 6.92 Å². The zero-order valence-corrected chi connectivity index (χ0v) is 13.3. The minimum atomic E-state index is -4.51. The molecule has 0 saturated heterocycles. The lowest BCUT2D eigenvalue weighted by Gasteiger charge is -2.13. The van der Waals surface area contributed by atoms with Gasteiger partial charge in [0.1, 0.15) is 0 Å². The van der Waals surface area contributed by atoms with Crippen molar-refractivity contribution < 1.29 is 31.1 Å². The maximum atomic E-state index is 12.2. The van der Waals surface area contributed by atoms with E-state index < -0.39 is 25.4 Å². The molecule has 0 aliphatic carbocycles. The topological polar surface area (TPSA) is 58.5 Å². The van der Waals surface area contributed by atoms with Crippen molar-refractivity contribution in [1.82, 2.24) is 15.6 Å². The predicted molar refractivity (Wildman–Crippen MR) is 79.3 cm³/mol. The Morgan fingerprint density at radius 3 is 2.48 bits per heavy atom. The zero-order valence-electron chi connectivity index (χ0n) is 13.3. The Balaban J connectivity index is 2.71. The molecule has 0 amide bonds. The van der Waals surface area contributed by atoms with Crippen molar-refractivity contribution in [3.8, 4) is 5.88 Å². The fourth-order valence-corrected chi connectivity index (χ4v) is 1.65. The van der Waals surface area contributed by atoms with Crippen molar-refractivity contribution in [2.24, 2.45) is 4.99 Å². The summed E-state index contributed by atoms with van der Waals surface area (Å²) in [7, 11) is 0. The molecule has 2 N–H and O–H groups in total. The van der Waals surface area contributed by atoms with Gasteiger partial charge in [-0.15, -0.1) is 0 Å². The number of ether oxygens (including phenoxy) is 1. The van der Waals surface area contributed by atoms with Crippen LogP contribution in [-0.4, -0.2) is 43.0 Å². The van der Waals surface area contributed by atoms with Crippen molar-refractivity contribution in [2.45, 2.75) is 32.2 Å². The van der Waals surface area contributed by atoms with Crippen molar-refractivity contribution in [2.75, 3.05) is 19.7 Å². The molecule has 0 aliphatic heterocycles. The van der Waals surface area contributed by atoms with Gasteiger partial charge in [-0.3, -0.25) is 0 Å². The number of rotatable bonds is 7.